The van der Waals surface area contributed by atoms with Gasteiger partial charge in [0.05, 0.1) is 17.3 Å². The second-order valence-electron chi connectivity index (χ2n) is 6.70. The first-order valence-electron chi connectivity index (χ1n) is 6.77. The first kappa shape index (κ1) is 15.0. The fourth-order valence-corrected chi connectivity index (χ4v) is 3.71. The van der Waals surface area contributed by atoms with Gasteiger partial charge in [-0.25, -0.2) is 0 Å². The molecular formula is C16H23BrO2. The van der Waals surface area contributed by atoms with Gasteiger partial charge in [-0.15, -0.1) is 0 Å². The minimum absolute atomic E-state index is 0.0978. The number of halogens is 1. The number of ether oxygens (including phenoxy) is 1. The number of aryl methyl sites for hydroxylation is 1. The Balaban J connectivity index is 2.34. The minimum atomic E-state index is -0.508. The number of benzene rings is 1. The van der Waals surface area contributed by atoms with Gasteiger partial charge in [-0.1, -0.05) is 34.1 Å². The average molecular weight is 327 g/mol. The van der Waals surface area contributed by atoms with E-state index >= 15 is 0 Å². The Labute approximate surface area is 124 Å². The van der Waals surface area contributed by atoms with Crippen LogP contribution in [0, 0.1) is 12.8 Å². The highest BCUT2D eigenvalue weighted by Crippen LogP contribution is 2.48. The fraction of sp³-hybridized carbons (Fsp3) is 0.625. The van der Waals surface area contributed by atoms with Crippen molar-refractivity contribution in [3.8, 4) is 0 Å². The van der Waals surface area contributed by atoms with E-state index in [0.717, 1.165) is 22.0 Å². The van der Waals surface area contributed by atoms with Gasteiger partial charge in [-0.05, 0) is 52.2 Å². The molecule has 0 saturated carbocycles. The molecule has 1 N–H and O–H groups in total. The number of aliphatic hydroxyl groups excluding tert-OH is 1. The Hall–Kier alpha value is -0.380. The predicted molar refractivity (Wildman–Crippen MR) is 81.2 cm³/mol. The van der Waals surface area contributed by atoms with Crippen LogP contribution in [0.5, 0.6) is 0 Å². The summed E-state index contributed by atoms with van der Waals surface area (Å²) in [6, 6.07) is 6.02. The molecule has 2 rings (SSSR count). The van der Waals surface area contributed by atoms with Crippen molar-refractivity contribution < 1.29 is 9.84 Å². The highest BCUT2D eigenvalue weighted by atomic mass is 79.9. The largest absolute Gasteiger partial charge is 0.388 e. The lowest BCUT2D eigenvalue weighted by Crippen LogP contribution is -2.32. The molecule has 3 heteroatoms. The van der Waals surface area contributed by atoms with Gasteiger partial charge in [-0.2, -0.15) is 0 Å². The summed E-state index contributed by atoms with van der Waals surface area (Å²) in [4.78, 5) is 0. The monoisotopic (exact) mass is 326 g/mol. The van der Waals surface area contributed by atoms with E-state index in [1.165, 1.54) is 0 Å². The molecule has 1 fully saturated rings. The Bertz CT molecular complexity index is 480. The summed E-state index contributed by atoms with van der Waals surface area (Å²) >= 11 is 3.59. The topological polar surface area (TPSA) is 29.5 Å². The Morgan fingerprint density at radius 1 is 1.32 bits per heavy atom. The zero-order chi connectivity index (χ0) is 14.4. The molecule has 1 aromatic rings. The number of hydrogen-bond donors (Lipinski definition) is 1. The summed E-state index contributed by atoms with van der Waals surface area (Å²) in [7, 11) is 0. The van der Waals surface area contributed by atoms with Crippen LogP contribution in [0.4, 0.5) is 0 Å². The van der Waals surface area contributed by atoms with Crippen molar-refractivity contribution in [2.24, 2.45) is 5.92 Å². The van der Waals surface area contributed by atoms with E-state index in [-0.39, 0.29) is 17.1 Å². The van der Waals surface area contributed by atoms with E-state index in [2.05, 4.69) is 43.6 Å². The van der Waals surface area contributed by atoms with Crippen molar-refractivity contribution in [1.29, 1.82) is 0 Å². The van der Waals surface area contributed by atoms with Crippen LogP contribution in [0.3, 0.4) is 0 Å². The molecule has 0 amide bonds. The normalized spacial score (nSPS) is 26.4. The van der Waals surface area contributed by atoms with Crippen molar-refractivity contribution in [2.75, 3.05) is 0 Å². The van der Waals surface area contributed by atoms with Crippen LogP contribution >= 0.6 is 15.9 Å². The molecule has 1 saturated heterocycles. The Kier molecular flexibility index (Phi) is 3.85. The summed E-state index contributed by atoms with van der Waals surface area (Å²) < 4.78 is 7.09. The van der Waals surface area contributed by atoms with Crippen LogP contribution in [0.25, 0.3) is 0 Å². The van der Waals surface area contributed by atoms with E-state index < -0.39 is 6.10 Å². The standard InChI is InChI=1S/C16H23BrO2/c1-10-7-6-8-11(13(10)17)14(18)12-9-15(2,3)19-16(12,4)5/h6-8,12,14,18H,9H2,1-5H3. The number of hydrogen-bond acceptors (Lipinski definition) is 2. The van der Waals surface area contributed by atoms with Gasteiger partial charge in [-0.3, -0.25) is 0 Å². The van der Waals surface area contributed by atoms with Crippen LogP contribution in [0.15, 0.2) is 22.7 Å². The number of rotatable bonds is 2. The van der Waals surface area contributed by atoms with Gasteiger partial charge in [0.1, 0.15) is 0 Å². The molecule has 2 nitrogen and oxygen atoms in total. The number of aliphatic hydroxyl groups is 1. The van der Waals surface area contributed by atoms with Crippen molar-refractivity contribution >= 4 is 15.9 Å². The molecular weight excluding hydrogens is 304 g/mol. The second kappa shape index (κ2) is 4.87. The average Bonchev–Trinajstić information content (AvgIpc) is 2.50. The first-order chi connectivity index (χ1) is 8.64. The SMILES string of the molecule is Cc1cccc(C(O)C2CC(C)(C)OC2(C)C)c1Br. The van der Waals surface area contributed by atoms with Gasteiger partial charge >= 0.3 is 0 Å². The maximum Gasteiger partial charge on any atom is 0.0857 e. The van der Waals surface area contributed by atoms with E-state index in [1.54, 1.807) is 0 Å². The summed E-state index contributed by atoms with van der Waals surface area (Å²) in [5, 5.41) is 10.8. The molecule has 1 heterocycles. The molecule has 19 heavy (non-hydrogen) atoms. The molecule has 106 valence electrons. The lowest BCUT2D eigenvalue weighted by Gasteiger charge is -2.31. The zero-order valence-electron chi connectivity index (χ0n) is 12.3. The molecule has 1 aromatic carbocycles. The summed E-state index contributed by atoms with van der Waals surface area (Å²) in [5.41, 5.74) is 1.62. The zero-order valence-corrected chi connectivity index (χ0v) is 13.9. The summed E-state index contributed by atoms with van der Waals surface area (Å²) in [5.74, 6) is 0.0978. The highest BCUT2D eigenvalue weighted by Gasteiger charge is 2.49. The van der Waals surface area contributed by atoms with Gasteiger partial charge < -0.3 is 9.84 Å². The molecule has 0 bridgehead atoms. The van der Waals surface area contributed by atoms with E-state index in [1.807, 2.05) is 25.1 Å². The maximum atomic E-state index is 10.8. The first-order valence-corrected chi connectivity index (χ1v) is 7.56. The van der Waals surface area contributed by atoms with E-state index in [0.29, 0.717) is 0 Å². The highest BCUT2D eigenvalue weighted by molar-refractivity contribution is 9.10. The summed E-state index contributed by atoms with van der Waals surface area (Å²) in [6.07, 6.45) is 0.354. The smallest absolute Gasteiger partial charge is 0.0857 e. The lowest BCUT2D eigenvalue weighted by molar-refractivity contribution is -0.0881. The van der Waals surface area contributed by atoms with Gasteiger partial charge in [0, 0.05) is 10.4 Å². The second-order valence-corrected chi connectivity index (χ2v) is 7.49. The van der Waals surface area contributed by atoms with Crippen molar-refractivity contribution in [1.82, 2.24) is 0 Å². The minimum Gasteiger partial charge on any atom is -0.388 e. The van der Waals surface area contributed by atoms with Crippen LogP contribution < -0.4 is 0 Å². The molecule has 2 unspecified atom stereocenters. The summed E-state index contributed by atoms with van der Waals surface area (Å²) in [6.45, 7) is 10.4. The predicted octanol–water partition coefficient (Wildman–Crippen LogP) is 4.38. The third-order valence-electron chi connectivity index (χ3n) is 4.07. The molecule has 1 aliphatic heterocycles. The third kappa shape index (κ3) is 2.88. The van der Waals surface area contributed by atoms with Gasteiger partial charge in [0.25, 0.3) is 0 Å². The molecule has 1 aliphatic rings. The third-order valence-corrected chi connectivity index (χ3v) is 5.15. The van der Waals surface area contributed by atoms with Crippen LogP contribution in [-0.4, -0.2) is 16.3 Å². The molecule has 0 aliphatic carbocycles. The Morgan fingerprint density at radius 3 is 2.47 bits per heavy atom. The lowest BCUT2D eigenvalue weighted by atomic mass is 9.80. The van der Waals surface area contributed by atoms with Crippen LogP contribution in [0.1, 0.15) is 51.3 Å². The Morgan fingerprint density at radius 2 is 1.95 bits per heavy atom. The van der Waals surface area contributed by atoms with E-state index in [9.17, 15) is 5.11 Å². The van der Waals surface area contributed by atoms with Crippen molar-refractivity contribution in [3.05, 3.63) is 33.8 Å². The van der Waals surface area contributed by atoms with Gasteiger partial charge in [0.2, 0.25) is 0 Å². The maximum absolute atomic E-state index is 10.8. The van der Waals surface area contributed by atoms with E-state index in [4.69, 9.17) is 4.74 Å². The molecule has 2 atom stereocenters. The van der Waals surface area contributed by atoms with Crippen LogP contribution in [0.2, 0.25) is 0 Å². The van der Waals surface area contributed by atoms with Crippen LogP contribution in [-0.2, 0) is 4.74 Å². The molecule has 0 spiro atoms. The quantitative estimate of drug-likeness (QED) is 0.873. The van der Waals surface area contributed by atoms with Crippen molar-refractivity contribution in [2.45, 2.75) is 58.3 Å². The molecule has 0 radical (unpaired) electrons. The molecule has 0 aromatic heterocycles. The van der Waals surface area contributed by atoms with Gasteiger partial charge in [0.15, 0.2) is 0 Å². The van der Waals surface area contributed by atoms with Crippen molar-refractivity contribution in [3.63, 3.8) is 0 Å². The fourth-order valence-electron chi connectivity index (χ4n) is 3.21.